The zero-order valence-corrected chi connectivity index (χ0v) is 11.8. The normalized spacial score (nSPS) is 22.4. The Morgan fingerprint density at radius 1 is 1.55 bits per heavy atom. The molecular formula is C16H21NO3. The summed E-state index contributed by atoms with van der Waals surface area (Å²) in [6, 6.07) is 7.18. The van der Waals surface area contributed by atoms with Crippen LogP contribution in [0.5, 0.6) is 5.75 Å². The number of rotatable bonds is 4. The first-order valence-corrected chi connectivity index (χ1v) is 6.93. The molecule has 0 spiro atoms. The molecule has 1 aliphatic heterocycles. The smallest absolute Gasteiger partial charge is 0.257 e. The first-order valence-electron chi connectivity index (χ1n) is 6.93. The first-order chi connectivity index (χ1) is 9.63. The summed E-state index contributed by atoms with van der Waals surface area (Å²) in [4.78, 5) is 14.2. The monoisotopic (exact) mass is 275 g/mol. The molecule has 1 fully saturated rings. The Hall–Kier alpha value is -1.81. The van der Waals surface area contributed by atoms with Gasteiger partial charge in [0.2, 0.25) is 0 Å². The van der Waals surface area contributed by atoms with Crippen LogP contribution in [0.4, 0.5) is 0 Å². The van der Waals surface area contributed by atoms with Crippen LogP contribution >= 0.6 is 0 Å². The van der Waals surface area contributed by atoms with Gasteiger partial charge in [-0.25, -0.2) is 0 Å². The van der Waals surface area contributed by atoms with Gasteiger partial charge in [0.15, 0.2) is 0 Å². The zero-order valence-electron chi connectivity index (χ0n) is 11.8. The van der Waals surface area contributed by atoms with E-state index in [9.17, 15) is 9.90 Å². The van der Waals surface area contributed by atoms with Gasteiger partial charge in [0.05, 0.1) is 11.7 Å². The van der Waals surface area contributed by atoms with Crippen molar-refractivity contribution in [3.8, 4) is 5.75 Å². The van der Waals surface area contributed by atoms with Crippen molar-refractivity contribution in [2.45, 2.75) is 19.4 Å². The number of likely N-dealkylation sites (tertiary alicyclic amines) is 1. The molecule has 20 heavy (non-hydrogen) atoms. The summed E-state index contributed by atoms with van der Waals surface area (Å²) in [5.74, 6) is 0.715. The number of aliphatic hydroxyl groups excluding tert-OH is 1. The summed E-state index contributed by atoms with van der Waals surface area (Å²) in [6.45, 7) is 7.04. The van der Waals surface area contributed by atoms with E-state index in [4.69, 9.17) is 4.74 Å². The molecule has 4 heteroatoms. The van der Waals surface area contributed by atoms with Crippen LogP contribution in [-0.2, 0) is 0 Å². The van der Waals surface area contributed by atoms with E-state index in [1.807, 2.05) is 19.1 Å². The molecule has 1 aliphatic rings. The summed E-state index contributed by atoms with van der Waals surface area (Å²) in [5, 5.41) is 9.92. The molecule has 1 amide bonds. The van der Waals surface area contributed by atoms with E-state index in [1.54, 1.807) is 23.1 Å². The quantitative estimate of drug-likeness (QED) is 0.856. The molecule has 1 heterocycles. The van der Waals surface area contributed by atoms with Crippen molar-refractivity contribution in [2.75, 3.05) is 19.7 Å². The van der Waals surface area contributed by atoms with Crippen molar-refractivity contribution in [1.82, 2.24) is 4.90 Å². The van der Waals surface area contributed by atoms with Crippen LogP contribution in [0.3, 0.4) is 0 Å². The van der Waals surface area contributed by atoms with Crippen LogP contribution in [0.25, 0.3) is 0 Å². The summed E-state index contributed by atoms with van der Waals surface area (Å²) in [5.41, 5.74) is 0.538. The third-order valence-corrected chi connectivity index (χ3v) is 3.68. The van der Waals surface area contributed by atoms with Crippen molar-refractivity contribution in [3.05, 3.63) is 42.5 Å². The molecule has 1 aromatic carbocycles. The molecule has 0 aromatic heterocycles. The van der Waals surface area contributed by atoms with Gasteiger partial charge in [0, 0.05) is 13.1 Å². The van der Waals surface area contributed by atoms with Crippen molar-refractivity contribution >= 4 is 5.91 Å². The van der Waals surface area contributed by atoms with E-state index in [0.29, 0.717) is 31.0 Å². The minimum atomic E-state index is -0.450. The fourth-order valence-electron chi connectivity index (χ4n) is 2.32. The molecule has 0 bridgehead atoms. The summed E-state index contributed by atoms with van der Waals surface area (Å²) in [7, 11) is 0. The maximum atomic E-state index is 12.5. The van der Waals surface area contributed by atoms with Crippen molar-refractivity contribution in [1.29, 1.82) is 0 Å². The Morgan fingerprint density at radius 2 is 2.30 bits per heavy atom. The van der Waals surface area contributed by atoms with E-state index in [0.717, 1.165) is 6.42 Å². The number of para-hydroxylation sites is 1. The van der Waals surface area contributed by atoms with E-state index >= 15 is 0 Å². The van der Waals surface area contributed by atoms with Crippen LogP contribution in [-0.4, -0.2) is 41.7 Å². The highest BCUT2D eigenvalue weighted by Gasteiger charge is 2.28. The fourth-order valence-corrected chi connectivity index (χ4v) is 2.32. The average Bonchev–Trinajstić information content (AvgIpc) is 2.47. The number of aliphatic hydroxyl groups is 1. The summed E-state index contributed by atoms with van der Waals surface area (Å²) in [6.07, 6.45) is 2.02. The second kappa shape index (κ2) is 6.57. The predicted molar refractivity (Wildman–Crippen MR) is 77.8 cm³/mol. The van der Waals surface area contributed by atoms with Crippen LogP contribution in [0.1, 0.15) is 23.7 Å². The van der Waals surface area contributed by atoms with E-state index < -0.39 is 6.10 Å². The van der Waals surface area contributed by atoms with E-state index in [2.05, 4.69) is 6.58 Å². The zero-order chi connectivity index (χ0) is 14.5. The molecule has 2 rings (SSSR count). The topological polar surface area (TPSA) is 49.8 Å². The molecule has 0 aliphatic carbocycles. The number of β-amino-alcohol motifs (C(OH)–C–C–N with tert-alkyl or cyclic N) is 1. The number of hydrogen-bond donors (Lipinski definition) is 1. The van der Waals surface area contributed by atoms with Crippen LogP contribution in [0.15, 0.2) is 36.9 Å². The van der Waals surface area contributed by atoms with Crippen LogP contribution in [0, 0.1) is 5.92 Å². The third kappa shape index (κ3) is 3.20. The lowest BCUT2D eigenvalue weighted by Crippen LogP contribution is -2.45. The van der Waals surface area contributed by atoms with Crippen LogP contribution in [0.2, 0.25) is 0 Å². The lowest BCUT2D eigenvalue weighted by molar-refractivity contribution is 0.0246. The fraction of sp³-hybridized carbons (Fsp3) is 0.438. The van der Waals surface area contributed by atoms with Gasteiger partial charge in [0.1, 0.15) is 12.4 Å². The molecule has 1 saturated heterocycles. The largest absolute Gasteiger partial charge is 0.489 e. The SMILES string of the molecule is C=CCOc1ccccc1C(=O)N1CCC(C)C(O)C1. The Balaban J connectivity index is 2.14. The minimum Gasteiger partial charge on any atom is -0.489 e. The van der Waals surface area contributed by atoms with Gasteiger partial charge >= 0.3 is 0 Å². The molecule has 2 unspecified atom stereocenters. The number of amides is 1. The Bertz CT molecular complexity index is 486. The van der Waals surface area contributed by atoms with E-state index in [1.165, 1.54) is 0 Å². The van der Waals surface area contributed by atoms with Gasteiger partial charge in [0.25, 0.3) is 5.91 Å². The number of hydrogen-bond acceptors (Lipinski definition) is 3. The third-order valence-electron chi connectivity index (χ3n) is 3.68. The molecule has 1 aromatic rings. The van der Waals surface area contributed by atoms with Gasteiger partial charge in [-0.1, -0.05) is 31.7 Å². The van der Waals surface area contributed by atoms with Gasteiger partial charge in [-0.3, -0.25) is 4.79 Å². The van der Waals surface area contributed by atoms with Crippen molar-refractivity contribution < 1.29 is 14.6 Å². The number of carbonyl (C=O) groups is 1. The highest BCUT2D eigenvalue weighted by atomic mass is 16.5. The van der Waals surface area contributed by atoms with Crippen LogP contribution < -0.4 is 4.74 Å². The maximum Gasteiger partial charge on any atom is 0.257 e. The Labute approximate surface area is 119 Å². The predicted octanol–water partition coefficient (Wildman–Crippen LogP) is 2.09. The number of nitrogens with zero attached hydrogens (tertiary/aromatic N) is 1. The van der Waals surface area contributed by atoms with Gasteiger partial charge in [-0.2, -0.15) is 0 Å². The molecule has 0 radical (unpaired) electrons. The minimum absolute atomic E-state index is 0.0874. The lowest BCUT2D eigenvalue weighted by Gasteiger charge is -2.34. The summed E-state index contributed by atoms with van der Waals surface area (Å²) >= 11 is 0. The molecule has 0 saturated carbocycles. The van der Waals surface area contributed by atoms with Crippen molar-refractivity contribution in [2.24, 2.45) is 5.92 Å². The average molecular weight is 275 g/mol. The molecule has 1 N–H and O–H groups in total. The molecular weight excluding hydrogens is 254 g/mol. The highest BCUT2D eigenvalue weighted by molar-refractivity contribution is 5.97. The lowest BCUT2D eigenvalue weighted by atomic mass is 9.95. The highest BCUT2D eigenvalue weighted by Crippen LogP contribution is 2.23. The second-order valence-electron chi connectivity index (χ2n) is 5.18. The Kier molecular flexibility index (Phi) is 4.79. The first kappa shape index (κ1) is 14.6. The number of benzene rings is 1. The molecule has 2 atom stereocenters. The number of ether oxygens (including phenoxy) is 1. The molecule has 4 nitrogen and oxygen atoms in total. The van der Waals surface area contributed by atoms with Gasteiger partial charge < -0.3 is 14.7 Å². The second-order valence-corrected chi connectivity index (χ2v) is 5.18. The van der Waals surface area contributed by atoms with Crippen molar-refractivity contribution in [3.63, 3.8) is 0 Å². The standard InChI is InChI=1S/C16H21NO3/c1-3-10-20-15-7-5-4-6-13(15)16(19)17-9-8-12(2)14(18)11-17/h3-7,12,14,18H,1,8-11H2,2H3. The summed E-state index contributed by atoms with van der Waals surface area (Å²) < 4.78 is 5.52. The molecule has 108 valence electrons. The van der Waals surface area contributed by atoms with Gasteiger partial charge in [-0.05, 0) is 24.5 Å². The van der Waals surface area contributed by atoms with Gasteiger partial charge in [-0.15, -0.1) is 0 Å². The maximum absolute atomic E-state index is 12.5. The van der Waals surface area contributed by atoms with E-state index in [-0.39, 0.29) is 11.8 Å². The number of piperidine rings is 1. The number of carbonyl (C=O) groups excluding carboxylic acids is 1. The Morgan fingerprint density at radius 3 is 3.00 bits per heavy atom.